The first kappa shape index (κ1) is 23.0. The number of hydrogen-bond acceptors (Lipinski definition) is 8. The summed E-state index contributed by atoms with van der Waals surface area (Å²) in [4.78, 5) is 29.4. The summed E-state index contributed by atoms with van der Waals surface area (Å²) in [5.74, 6) is 2.92. The highest BCUT2D eigenvalue weighted by Crippen LogP contribution is 2.26. The van der Waals surface area contributed by atoms with Crippen LogP contribution in [0.1, 0.15) is 19.3 Å². The molecule has 9 nitrogen and oxygen atoms in total. The number of rotatable bonds is 8. The molecule has 0 atom stereocenters. The molecule has 35 heavy (non-hydrogen) atoms. The Morgan fingerprint density at radius 3 is 2.54 bits per heavy atom. The van der Waals surface area contributed by atoms with E-state index in [9.17, 15) is 4.79 Å². The van der Waals surface area contributed by atoms with Gasteiger partial charge in [-0.25, -0.2) is 4.98 Å². The van der Waals surface area contributed by atoms with Gasteiger partial charge in [-0.2, -0.15) is 4.98 Å². The van der Waals surface area contributed by atoms with E-state index in [2.05, 4.69) is 37.3 Å². The van der Waals surface area contributed by atoms with Crippen LogP contribution in [0.15, 0.2) is 55.0 Å². The van der Waals surface area contributed by atoms with Gasteiger partial charge in [-0.3, -0.25) is 9.78 Å². The molecule has 1 aromatic carbocycles. The lowest BCUT2D eigenvalue weighted by molar-refractivity contribution is -0.133. The van der Waals surface area contributed by atoms with E-state index in [1.807, 2.05) is 35.4 Å². The molecule has 0 radical (unpaired) electrons. The molecule has 2 saturated heterocycles. The second-order valence-electron chi connectivity index (χ2n) is 8.64. The minimum Gasteiger partial charge on any atom is -0.437 e. The van der Waals surface area contributed by atoms with Crippen molar-refractivity contribution in [3.05, 3.63) is 55.0 Å². The topological polar surface area (TPSA) is 92.7 Å². The lowest BCUT2D eigenvalue weighted by Crippen LogP contribution is -2.38. The van der Waals surface area contributed by atoms with Crippen molar-refractivity contribution in [1.82, 2.24) is 19.9 Å². The Kier molecular flexibility index (Phi) is 7.33. The lowest BCUT2D eigenvalue weighted by atomic mass is 10.1. The number of pyridine rings is 1. The first-order chi connectivity index (χ1) is 17.2. The number of morpholine rings is 1. The van der Waals surface area contributed by atoms with Gasteiger partial charge in [0, 0.05) is 50.9 Å². The Balaban J connectivity index is 1.15. The SMILES string of the molecule is O=C1CCCCN1CCNc1cncc(Oc2ccc(-c3ccc(N4CCOCC4)nc3)cc2)n1. The van der Waals surface area contributed by atoms with E-state index in [1.54, 1.807) is 12.4 Å². The number of nitrogens with one attached hydrogen (secondary N) is 1. The third-order valence-electron chi connectivity index (χ3n) is 6.21. The van der Waals surface area contributed by atoms with Crippen LogP contribution in [-0.2, 0) is 9.53 Å². The van der Waals surface area contributed by atoms with E-state index in [1.165, 1.54) is 0 Å². The van der Waals surface area contributed by atoms with Gasteiger partial charge >= 0.3 is 0 Å². The van der Waals surface area contributed by atoms with Crippen molar-refractivity contribution in [3.63, 3.8) is 0 Å². The third-order valence-corrected chi connectivity index (χ3v) is 6.21. The summed E-state index contributed by atoms with van der Waals surface area (Å²) in [5.41, 5.74) is 2.11. The summed E-state index contributed by atoms with van der Waals surface area (Å²) in [6, 6.07) is 12.0. The number of anilines is 2. The summed E-state index contributed by atoms with van der Waals surface area (Å²) in [5, 5.41) is 3.23. The van der Waals surface area contributed by atoms with Gasteiger partial charge in [0.2, 0.25) is 11.8 Å². The Hall–Kier alpha value is -3.72. The second kappa shape index (κ2) is 11.1. The molecule has 5 rings (SSSR count). The van der Waals surface area contributed by atoms with Crippen molar-refractivity contribution >= 4 is 17.5 Å². The highest BCUT2D eigenvalue weighted by molar-refractivity contribution is 5.76. The number of hydrogen-bond donors (Lipinski definition) is 1. The van der Waals surface area contributed by atoms with Gasteiger partial charge in [0.25, 0.3) is 0 Å². The molecule has 3 aromatic rings. The van der Waals surface area contributed by atoms with Crippen molar-refractivity contribution in [2.45, 2.75) is 19.3 Å². The number of ether oxygens (including phenoxy) is 2. The van der Waals surface area contributed by atoms with Gasteiger partial charge in [0.1, 0.15) is 17.4 Å². The fourth-order valence-corrected chi connectivity index (χ4v) is 4.27. The number of carbonyl (C=O) groups is 1. The Morgan fingerprint density at radius 1 is 0.943 bits per heavy atom. The van der Waals surface area contributed by atoms with E-state index in [0.29, 0.717) is 37.0 Å². The molecular formula is C26H30N6O3. The summed E-state index contributed by atoms with van der Waals surface area (Å²) in [7, 11) is 0. The Morgan fingerprint density at radius 2 is 1.77 bits per heavy atom. The van der Waals surface area contributed by atoms with Gasteiger partial charge in [-0.05, 0) is 42.7 Å². The predicted octanol–water partition coefficient (Wildman–Crippen LogP) is 3.59. The molecular weight excluding hydrogens is 444 g/mol. The average Bonchev–Trinajstić information content (AvgIpc) is 2.91. The highest BCUT2D eigenvalue weighted by Gasteiger charge is 2.17. The first-order valence-electron chi connectivity index (χ1n) is 12.2. The van der Waals surface area contributed by atoms with Crippen LogP contribution in [0.5, 0.6) is 11.6 Å². The number of amides is 1. The van der Waals surface area contributed by atoms with Crippen LogP contribution in [0.25, 0.3) is 11.1 Å². The quantitative estimate of drug-likeness (QED) is 0.530. The van der Waals surface area contributed by atoms with Crippen molar-refractivity contribution in [2.75, 3.05) is 56.2 Å². The molecule has 2 fully saturated rings. The Bertz CT molecular complexity index is 1120. The number of likely N-dealkylation sites (tertiary alicyclic amines) is 1. The number of carbonyl (C=O) groups excluding carboxylic acids is 1. The van der Waals surface area contributed by atoms with Crippen molar-refractivity contribution in [2.24, 2.45) is 0 Å². The van der Waals surface area contributed by atoms with E-state index in [0.717, 1.165) is 62.6 Å². The van der Waals surface area contributed by atoms with Gasteiger partial charge < -0.3 is 24.6 Å². The van der Waals surface area contributed by atoms with Crippen molar-refractivity contribution in [3.8, 4) is 22.8 Å². The van der Waals surface area contributed by atoms with Crippen molar-refractivity contribution in [1.29, 1.82) is 0 Å². The Labute approximate surface area is 205 Å². The van der Waals surface area contributed by atoms with E-state index >= 15 is 0 Å². The van der Waals surface area contributed by atoms with Crippen LogP contribution in [0.3, 0.4) is 0 Å². The van der Waals surface area contributed by atoms with Crippen molar-refractivity contribution < 1.29 is 14.3 Å². The lowest BCUT2D eigenvalue weighted by Gasteiger charge is -2.27. The van der Waals surface area contributed by atoms with Gasteiger partial charge in [0.05, 0.1) is 25.6 Å². The molecule has 2 aliphatic rings. The molecule has 2 aromatic heterocycles. The number of benzene rings is 1. The summed E-state index contributed by atoms with van der Waals surface area (Å²) >= 11 is 0. The maximum atomic E-state index is 11.9. The summed E-state index contributed by atoms with van der Waals surface area (Å²) in [6.07, 6.45) is 7.86. The van der Waals surface area contributed by atoms with Gasteiger partial charge in [0.15, 0.2) is 0 Å². The summed E-state index contributed by atoms with van der Waals surface area (Å²) in [6.45, 7) is 5.35. The van der Waals surface area contributed by atoms with E-state index in [-0.39, 0.29) is 5.91 Å². The maximum Gasteiger partial charge on any atom is 0.239 e. The van der Waals surface area contributed by atoms with Gasteiger partial charge in [-0.1, -0.05) is 12.1 Å². The first-order valence-corrected chi connectivity index (χ1v) is 12.2. The second-order valence-corrected chi connectivity index (χ2v) is 8.64. The van der Waals surface area contributed by atoms with Crippen LogP contribution in [-0.4, -0.2) is 71.7 Å². The molecule has 1 amide bonds. The van der Waals surface area contributed by atoms with Crippen LogP contribution in [0.4, 0.5) is 11.6 Å². The highest BCUT2D eigenvalue weighted by atomic mass is 16.5. The molecule has 0 aliphatic carbocycles. The molecule has 0 spiro atoms. The smallest absolute Gasteiger partial charge is 0.239 e. The number of aromatic nitrogens is 3. The molecule has 1 N–H and O–H groups in total. The van der Waals surface area contributed by atoms with Crippen LogP contribution >= 0.6 is 0 Å². The zero-order chi connectivity index (χ0) is 23.9. The predicted molar refractivity (Wildman–Crippen MR) is 134 cm³/mol. The number of nitrogens with zero attached hydrogens (tertiary/aromatic N) is 5. The minimum absolute atomic E-state index is 0.230. The monoisotopic (exact) mass is 474 g/mol. The fraction of sp³-hybridized carbons (Fsp3) is 0.385. The van der Waals surface area contributed by atoms with E-state index in [4.69, 9.17) is 9.47 Å². The number of piperidine rings is 1. The largest absolute Gasteiger partial charge is 0.437 e. The molecule has 0 unspecified atom stereocenters. The van der Waals surface area contributed by atoms with Crippen LogP contribution in [0.2, 0.25) is 0 Å². The zero-order valence-corrected chi connectivity index (χ0v) is 19.7. The molecule has 2 aliphatic heterocycles. The minimum atomic E-state index is 0.230. The molecule has 0 saturated carbocycles. The van der Waals surface area contributed by atoms with E-state index < -0.39 is 0 Å². The standard InChI is InChI=1S/C26H30N6O3/c33-26-3-1-2-11-32(26)12-10-28-23-18-27-19-25(30-23)35-22-7-4-20(5-8-22)21-6-9-24(29-17-21)31-13-15-34-16-14-31/h4-9,17-19H,1-3,10-16H2,(H,28,30). The third kappa shape index (κ3) is 6.05. The average molecular weight is 475 g/mol. The fourth-order valence-electron chi connectivity index (χ4n) is 4.27. The molecule has 9 heteroatoms. The summed E-state index contributed by atoms with van der Waals surface area (Å²) < 4.78 is 11.3. The molecule has 182 valence electrons. The molecule has 4 heterocycles. The zero-order valence-electron chi connectivity index (χ0n) is 19.7. The molecule has 0 bridgehead atoms. The van der Waals surface area contributed by atoms with Crippen LogP contribution in [0, 0.1) is 0 Å². The van der Waals surface area contributed by atoms with Crippen LogP contribution < -0.4 is 15.0 Å². The normalized spacial score (nSPS) is 16.3. The van der Waals surface area contributed by atoms with Gasteiger partial charge in [-0.15, -0.1) is 0 Å². The maximum absolute atomic E-state index is 11.9.